The summed E-state index contributed by atoms with van der Waals surface area (Å²) in [6.07, 6.45) is -1.15. The number of carbonyl (C=O) groups excluding carboxylic acids is 2. The Hall–Kier alpha value is -2.27. The smallest absolute Gasteiger partial charge is 0.251 e. The average Bonchev–Trinajstić information content (AvgIpc) is 2.73. The molecule has 6 nitrogen and oxygen atoms in total. The van der Waals surface area contributed by atoms with E-state index in [0.717, 1.165) is 5.56 Å². The summed E-state index contributed by atoms with van der Waals surface area (Å²) in [7, 11) is -3.41. The van der Waals surface area contributed by atoms with Crippen LogP contribution >= 0.6 is 0 Å². The van der Waals surface area contributed by atoms with Crippen LogP contribution in [0.3, 0.4) is 0 Å². The summed E-state index contributed by atoms with van der Waals surface area (Å²) >= 11 is 0. The molecule has 0 spiro atoms. The van der Waals surface area contributed by atoms with Crippen molar-refractivity contribution in [3.63, 3.8) is 0 Å². The summed E-state index contributed by atoms with van der Waals surface area (Å²) in [6, 6.07) is 19.6. The highest BCUT2D eigenvalue weighted by molar-refractivity contribution is 6.76. The quantitative estimate of drug-likeness (QED) is 0.514. The first-order chi connectivity index (χ1) is 14.9. The van der Waals surface area contributed by atoms with Crippen molar-refractivity contribution >= 4 is 28.4 Å². The maximum absolute atomic E-state index is 12.5. The molecule has 0 saturated carbocycles. The van der Waals surface area contributed by atoms with Gasteiger partial charge in [0.15, 0.2) is 22.7 Å². The molecule has 4 rings (SSSR count). The lowest BCUT2D eigenvalue weighted by molar-refractivity contribution is -0.155. The van der Waals surface area contributed by atoms with Crippen LogP contribution in [0.1, 0.15) is 23.2 Å². The SMILES string of the molecule is C[Si](C)(C)O[C@H]1C(=O)N([Si](C)(C)C)[C@H]1c1ccccc1.O=C1N[C@@H](c2ccccc2)[C@H]1O. The molecule has 2 saturated heterocycles. The van der Waals surface area contributed by atoms with E-state index in [1.54, 1.807) is 0 Å². The van der Waals surface area contributed by atoms with E-state index in [0.29, 0.717) is 0 Å². The highest BCUT2D eigenvalue weighted by Gasteiger charge is 2.54. The van der Waals surface area contributed by atoms with E-state index in [1.807, 2.05) is 48.5 Å². The van der Waals surface area contributed by atoms with Gasteiger partial charge in [-0.3, -0.25) is 9.59 Å². The van der Waals surface area contributed by atoms with Crippen molar-refractivity contribution in [1.29, 1.82) is 0 Å². The molecular weight excluding hydrogens is 436 g/mol. The first-order valence-corrected chi connectivity index (χ1v) is 17.8. The fourth-order valence-electron chi connectivity index (χ4n) is 3.98. The van der Waals surface area contributed by atoms with Gasteiger partial charge in [-0.15, -0.1) is 0 Å². The lowest BCUT2D eigenvalue weighted by Gasteiger charge is -2.54. The Bertz CT molecular complexity index is 942. The van der Waals surface area contributed by atoms with Gasteiger partial charge in [-0.25, -0.2) is 0 Å². The van der Waals surface area contributed by atoms with Crippen LogP contribution in [0, 0.1) is 0 Å². The van der Waals surface area contributed by atoms with Crippen LogP contribution in [-0.4, -0.2) is 50.2 Å². The second-order valence-electron chi connectivity index (χ2n) is 10.2. The Morgan fingerprint density at radius 1 is 0.844 bits per heavy atom. The van der Waals surface area contributed by atoms with Gasteiger partial charge in [0.05, 0.1) is 12.1 Å². The number of β-lactam (4-membered cyclic amide) rings is 2. The standard InChI is InChI=1S/C15H25NO2Si2.C9H9NO2/c1-19(2,3)16-13(12-10-8-7-9-11-12)14(15(16)17)18-20(4,5)6;11-8-7(10-9(8)12)6-4-2-1-3-5-6/h7-11,13-14H,1-6H3;1-5,7-8,11H,(H,10,12)/t13-,14+;7-,8+/m00/s1. The molecule has 0 aliphatic carbocycles. The molecule has 2 N–H and O–H groups in total. The summed E-state index contributed by atoms with van der Waals surface area (Å²) in [6.45, 7) is 13.1. The van der Waals surface area contributed by atoms with Gasteiger partial charge in [0.2, 0.25) is 5.91 Å². The normalized spacial score (nSPS) is 25.2. The molecule has 32 heavy (non-hydrogen) atoms. The van der Waals surface area contributed by atoms with Gasteiger partial charge in [0.1, 0.15) is 6.10 Å². The van der Waals surface area contributed by atoms with Crippen molar-refractivity contribution < 1.29 is 19.1 Å². The molecule has 0 unspecified atom stereocenters. The molecule has 0 radical (unpaired) electrons. The Morgan fingerprint density at radius 3 is 1.75 bits per heavy atom. The van der Waals surface area contributed by atoms with Gasteiger partial charge < -0.3 is 19.4 Å². The third kappa shape index (κ3) is 5.37. The minimum atomic E-state index is -1.73. The van der Waals surface area contributed by atoms with Crippen LogP contribution in [0.25, 0.3) is 0 Å². The molecule has 2 aromatic carbocycles. The largest absolute Gasteiger partial charge is 0.404 e. The molecule has 0 aromatic heterocycles. The molecule has 2 aliphatic heterocycles. The monoisotopic (exact) mass is 470 g/mol. The van der Waals surface area contributed by atoms with E-state index in [-0.39, 0.29) is 30.0 Å². The maximum atomic E-state index is 12.5. The van der Waals surface area contributed by atoms with Crippen LogP contribution in [0.5, 0.6) is 0 Å². The van der Waals surface area contributed by atoms with E-state index in [9.17, 15) is 14.7 Å². The Labute approximate surface area is 192 Å². The lowest BCUT2D eigenvalue weighted by atomic mass is 9.94. The van der Waals surface area contributed by atoms with E-state index >= 15 is 0 Å². The summed E-state index contributed by atoms with van der Waals surface area (Å²) in [5.74, 6) is -0.107. The topological polar surface area (TPSA) is 78.9 Å². The summed E-state index contributed by atoms with van der Waals surface area (Å²) < 4.78 is 8.24. The predicted molar refractivity (Wildman–Crippen MR) is 131 cm³/mol. The maximum Gasteiger partial charge on any atom is 0.251 e. The van der Waals surface area contributed by atoms with Crippen LogP contribution in [0.4, 0.5) is 0 Å². The number of amides is 2. The molecule has 2 amide bonds. The van der Waals surface area contributed by atoms with Crippen molar-refractivity contribution in [3.05, 3.63) is 71.8 Å². The van der Waals surface area contributed by atoms with E-state index in [2.05, 4.69) is 61.3 Å². The number of hydrogen-bond donors (Lipinski definition) is 2. The zero-order chi connectivity index (χ0) is 23.7. The molecule has 0 bridgehead atoms. The summed E-state index contributed by atoms with van der Waals surface area (Å²) in [5.41, 5.74) is 2.14. The zero-order valence-corrected chi connectivity index (χ0v) is 21.7. The van der Waals surface area contributed by atoms with E-state index in [4.69, 9.17) is 4.43 Å². The number of aliphatic hydroxyl groups is 1. The number of hydrogen-bond acceptors (Lipinski definition) is 4. The van der Waals surface area contributed by atoms with Crippen molar-refractivity contribution in [2.24, 2.45) is 0 Å². The van der Waals surface area contributed by atoms with Crippen molar-refractivity contribution in [2.75, 3.05) is 0 Å². The third-order valence-corrected chi connectivity index (χ3v) is 8.34. The van der Waals surface area contributed by atoms with Crippen molar-refractivity contribution in [1.82, 2.24) is 9.88 Å². The average molecular weight is 471 g/mol. The molecule has 2 heterocycles. The molecule has 2 fully saturated rings. The Morgan fingerprint density at radius 2 is 1.34 bits per heavy atom. The van der Waals surface area contributed by atoms with E-state index in [1.165, 1.54) is 5.56 Å². The lowest BCUT2D eigenvalue weighted by Crippen LogP contribution is -2.69. The van der Waals surface area contributed by atoms with Gasteiger partial charge in [0.25, 0.3) is 5.91 Å². The van der Waals surface area contributed by atoms with Crippen LogP contribution in [0.2, 0.25) is 39.3 Å². The Kier molecular flexibility index (Phi) is 7.09. The summed E-state index contributed by atoms with van der Waals surface area (Å²) in [5, 5.41) is 11.8. The molecular formula is C24H34N2O4Si2. The van der Waals surface area contributed by atoms with Crippen LogP contribution in [-0.2, 0) is 14.0 Å². The highest BCUT2D eigenvalue weighted by atomic mass is 28.4. The minimum Gasteiger partial charge on any atom is -0.404 e. The minimum absolute atomic E-state index is 0.0992. The number of carbonyl (C=O) groups is 2. The highest BCUT2D eigenvalue weighted by Crippen LogP contribution is 2.41. The Balaban J connectivity index is 0.000000204. The van der Waals surface area contributed by atoms with E-state index < -0.39 is 22.7 Å². The van der Waals surface area contributed by atoms with Crippen molar-refractivity contribution in [2.45, 2.75) is 63.6 Å². The number of benzene rings is 2. The van der Waals surface area contributed by atoms with Crippen molar-refractivity contribution in [3.8, 4) is 0 Å². The molecule has 172 valence electrons. The van der Waals surface area contributed by atoms with Gasteiger partial charge in [-0.05, 0) is 30.8 Å². The second kappa shape index (κ2) is 9.31. The van der Waals surface area contributed by atoms with Crippen LogP contribution < -0.4 is 5.32 Å². The number of rotatable bonds is 5. The van der Waals surface area contributed by atoms with Gasteiger partial charge in [0, 0.05) is 0 Å². The van der Waals surface area contributed by atoms with Gasteiger partial charge in [-0.1, -0.05) is 80.3 Å². The first kappa shape index (κ1) is 24.4. The van der Waals surface area contributed by atoms with Gasteiger partial charge >= 0.3 is 0 Å². The predicted octanol–water partition coefficient (Wildman–Crippen LogP) is 3.84. The first-order valence-electron chi connectivity index (χ1n) is 11.0. The molecule has 2 aliphatic rings. The summed E-state index contributed by atoms with van der Waals surface area (Å²) in [4.78, 5) is 23.2. The second-order valence-corrected chi connectivity index (χ2v) is 19.5. The number of nitrogens with zero attached hydrogens (tertiary/aromatic N) is 1. The van der Waals surface area contributed by atoms with Gasteiger partial charge in [-0.2, -0.15) is 0 Å². The van der Waals surface area contributed by atoms with Crippen LogP contribution in [0.15, 0.2) is 60.7 Å². The third-order valence-electron chi connectivity index (χ3n) is 5.43. The fourth-order valence-corrected chi connectivity index (χ4v) is 6.88. The number of nitrogens with one attached hydrogen (secondary N) is 1. The fraction of sp³-hybridized carbons (Fsp3) is 0.417. The number of aliphatic hydroxyl groups excluding tert-OH is 1. The molecule has 2 aromatic rings. The zero-order valence-electron chi connectivity index (χ0n) is 19.7. The molecule has 8 heteroatoms. The molecule has 4 atom stereocenters.